The highest BCUT2D eigenvalue weighted by atomic mass is 16.1. The van der Waals surface area contributed by atoms with Gasteiger partial charge in [0.05, 0.1) is 0 Å². The lowest BCUT2D eigenvalue weighted by Gasteiger charge is -2.34. The predicted octanol–water partition coefficient (Wildman–Crippen LogP) is 1.91. The lowest BCUT2D eigenvalue weighted by atomic mass is 10.0. The zero-order chi connectivity index (χ0) is 14.5. The molecule has 4 nitrogen and oxygen atoms in total. The van der Waals surface area contributed by atoms with Crippen molar-refractivity contribution in [1.82, 2.24) is 10.6 Å². The van der Waals surface area contributed by atoms with Crippen molar-refractivity contribution in [2.24, 2.45) is 0 Å². The topological polar surface area (TPSA) is 44.4 Å². The summed E-state index contributed by atoms with van der Waals surface area (Å²) in [6, 6.07) is 11.6. The maximum absolute atomic E-state index is 11.6. The van der Waals surface area contributed by atoms with E-state index in [4.69, 9.17) is 0 Å². The van der Waals surface area contributed by atoms with Gasteiger partial charge in [-0.2, -0.15) is 0 Å². The van der Waals surface area contributed by atoms with E-state index < -0.39 is 0 Å². The third-order valence-corrected chi connectivity index (χ3v) is 4.34. The highest BCUT2D eigenvalue weighted by Crippen LogP contribution is 2.20. The van der Waals surface area contributed by atoms with Crippen LogP contribution in [0.1, 0.15) is 32.1 Å². The lowest BCUT2D eigenvalue weighted by Crippen LogP contribution is -2.43. The monoisotopic (exact) mass is 287 g/mol. The molecule has 4 heteroatoms. The quantitative estimate of drug-likeness (QED) is 0.840. The van der Waals surface area contributed by atoms with Crippen LogP contribution in [0.2, 0.25) is 0 Å². The van der Waals surface area contributed by atoms with Crippen molar-refractivity contribution in [3.63, 3.8) is 0 Å². The van der Waals surface area contributed by atoms with E-state index in [-0.39, 0.29) is 5.91 Å². The molecule has 114 valence electrons. The van der Waals surface area contributed by atoms with Crippen LogP contribution in [-0.2, 0) is 4.79 Å². The Hall–Kier alpha value is -1.55. The largest absolute Gasteiger partial charge is 0.371 e. The minimum Gasteiger partial charge on any atom is -0.371 e. The summed E-state index contributed by atoms with van der Waals surface area (Å²) in [6.07, 6.45) is 5.24. The second-order valence-corrected chi connectivity index (χ2v) is 6.14. The number of carbonyl (C=O) groups excluding carboxylic acids is 1. The van der Waals surface area contributed by atoms with Gasteiger partial charge in [0.2, 0.25) is 5.91 Å². The first-order valence-electron chi connectivity index (χ1n) is 8.14. The van der Waals surface area contributed by atoms with Gasteiger partial charge in [-0.1, -0.05) is 18.2 Å². The summed E-state index contributed by atoms with van der Waals surface area (Å²) in [5.41, 5.74) is 1.32. The Morgan fingerprint density at radius 1 is 1.05 bits per heavy atom. The third kappa shape index (κ3) is 4.46. The van der Waals surface area contributed by atoms with Crippen molar-refractivity contribution >= 4 is 11.6 Å². The Labute approximate surface area is 126 Å². The summed E-state index contributed by atoms with van der Waals surface area (Å²) in [5, 5.41) is 6.56. The summed E-state index contributed by atoms with van der Waals surface area (Å²) >= 11 is 0. The molecule has 1 saturated heterocycles. The van der Waals surface area contributed by atoms with Crippen molar-refractivity contribution in [1.29, 1.82) is 0 Å². The number of anilines is 1. The highest BCUT2D eigenvalue weighted by molar-refractivity contribution is 5.76. The number of piperidine rings is 1. The number of benzene rings is 1. The maximum Gasteiger partial charge on any atom is 0.221 e. The molecule has 2 aliphatic rings. The molecule has 0 bridgehead atoms. The molecule has 0 unspecified atom stereocenters. The van der Waals surface area contributed by atoms with E-state index in [9.17, 15) is 4.79 Å². The molecule has 0 aromatic heterocycles. The molecule has 1 aliphatic heterocycles. The zero-order valence-electron chi connectivity index (χ0n) is 12.6. The van der Waals surface area contributed by atoms with Gasteiger partial charge in [-0.05, 0) is 37.8 Å². The molecule has 1 aliphatic carbocycles. The first-order chi connectivity index (χ1) is 10.3. The van der Waals surface area contributed by atoms with E-state index >= 15 is 0 Å². The molecular formula is C17H25N3O. The average molecular weight is 287 g/mol. The van der Waals surface area contributed by atoms with Crippen LogP contribution in [0, 0.1) is 0 Å². The molecule has 0 spiro atoms. The smallest absolute Gasteiger partial charge is 0.221 e. The van der Waals surface area contributed by atoms with Crippen LogP contribution in [-0.4, -0.2) is 37.6 Å². The van der Waals surface area contributed by atoms with Crippen molar-refractivity contribution in [2.75, 3.05) is 24.5 Å². The average Bonchev–Trinajstić information content (AvgIpc) is 3.33. The molecule has 2 fully saturated rings. The van der Waals surface area contributed by atoms with E-state index in [2.05, 4.69) is 45.9 Å². The Morgan fingerprint density at radius 2 is 1.76 bits per heavy atom. The second kappa shape index (κ2) is 6.94. The maximum atomic E-state index is 11.6. The summed E-state index contributed by atoms with van der Waals surface area (Å²) < 4.78 is 0. The molecule has 1 aromatic rings. The predicted molar refractivity (Wildman–Crippen MR) is 85.5 cm³/mol. The van der Waals surface area contributed by atoms with Crippen LogP contribution >= 0.6 is 0 Å². The SMILES string of the molecule is O=C(CCNC1CCN(c2ccccc2)CC1)NC1CC1. The van der Waals surface area contributed by atoms with Crippen molar-refractivity contribution in [3.8, 4) is 0 Å². The fourth-order valence-electron chi connectivity index (χ4n) is 2.90. The molecule has 21 heavy (non-hydrogen) atoms. The first-order valence-corrected chi connectivity index (χ1v) is 8.14. The fraction of sp³-hybridized carbons (Fsp3) is 0.588. The van der Waals surface area contributed by atoms with Gasteiger partial charge in [0.15, 0.2) is 0 Å². The van der Waals surface area contributed by atoms with Crippen LogP contribution in [0.5, 0.6) is 0 Å². The van der Waals surface area contributed by atoms with E-state index in [1.807, 2.05) is 0 Å². The summed E-state index contributed by atoms with van der Waals surface area (Å²) in [5.74, 6) is 0.201. The number of nitrogens with one attached hydrogen (secondary N) is 2. The van der Waals surface area contributed by atoms with Gasteiger partial charge in [0, 0.05) is 43.8 Å². The third-order valence-electron chi connectivity index (χ3n) is 4.34. The number of rotatable bonds is 6. The minimum absolute atomic E-state index is 0.201. The Balaban J connectivity index is 1.33. The summed E-state index contributed by atoms with van der Waals surface area (Å²) in [4.78, 5) is 14.1. The zero-order valence-corrected chi connectivity index (χ0v) is 12.6. The Bertz CT molecular complexity index is 450. The number of hydrogen-bond donors (Lipinski definition) is 2. The van der Waals surface area contributed by atoms with Crippen LogP contribution in [0.25, 0.3) is 0 Å². The molecule has 1 heterocycles. The summed E-state index contributed by atoms with van der Waals surface area (Å²) in [6.45, 7) is 2.99. The number of carbonyl (C=O) groups is 1. The van der Waals surface area contributed by atoms with Gasteiger partial charge in [-0.25, -0.2) is 0 Å². The van der Waals surface area contributed by atoms with Gasteiger partial charge in [0.25, 0.3) is 0 Å². The standard InChI is InChI=1S/C17H25N3O/c21-17(19-15-6-7-15)8-11-18-14-9-12-20(13-10-14)16-4-2-1-3-5-16/h1-5,14-15,18H,6-13H2,(H,19,21). The molecule has 1 amide bonds. The van der Waals surface area contributed by atoms with E-state index in [1.165, 1.54) is 5.69 Å². The number of amides is 1. The second-order valence-electron chi connectivity index (χ2n) is 6.14. The molecule has 2 N–H and O–H groups in total. The van der Waals surface area contributed by atoms with Gasteiger partial charge in [0.1, 0.15) is 0 Å². The molecule has 0 radical (unpaired) electrons. The molecular weight excluding hydrogens is 262 g/mol. The van der Waals surface area contributed by atoms with E-state index in [1.54, 1.807) is 0 Å². The number of para-hydroxylation sites is 1. The minimum atomic E-state index is 0.201. The van der Waals surface area contributed by atoms with Crippen molar-refractivity contribution in [2.45, 2.75) is 44.2 Å². The summed E-state index contributed by atoms with van der Waals surface area (Å²) in [7, 11) is 0. The lowest BCUT2D eigenvalue weighted by molar-refractivity contribution is -0.121. The van der Waals surface area contributed by atoms with Crippen molar-refractivity contribution in [3.05, 3.63) is 30.3 Å². The van der Waals surface area contributed by atoms with Crippen LogP contribution in [0.4, 0.5) is 5.69 Å². The molecule has 1 aromatic carbocycles. The highest BCUT2D eigenvalue weighted by Gasteiger charge is 2.23. The molecule has 1 saturated carbocycles. The fourth-order valence-corrected chi connectivity index (χ4v) is 2.90. The number of nitrogens with zero attached hydrogens (tertiary/aromatic N) is 1. The first kappa shape index (κ1) is 14.4. The van der Waals surface area contributed by atoms with Crippen LogP contribution in [0.15, 0.2) is 30.3 Å². The van der Waals surface area contributed by atoms with Gasteiger partial charge < -0.3 is 15.5 Å². The van der Waals surface area contributed by atoms with Crippen LogP contribution in [0.3, 0.4) is 0 Å². The molecule has 3 rings (SSSR count). The van der Waals surface area contributed by atoms with Gasteiger partial charge >= 0.3 is 0 Å². The van der Waals surface area contributed by atoms with Crippen molar-refractivity contribution < 1.29 is 4.79 Å². The Morgan fingerprint density at radius 3 is 2.43 bits per heavy atom. The van der Waals surface area contributed by atoms with E-state index in [0.29, 0.717) is 18.5 Å². The van der Waals surface area contributed by atoms with E-state index in [0.717, 1.165) is 45.3 Å². The number of hydrogen-bond acceptors (Lipinski definition) is 3. The Kier molecular flexibility index (Phi) is 4.76. The van der Waals surface area contributed by atoms with Gasteiger partial charge in [-0.15, -0.1) is 0 Å². The van der Waals surface area contributed by atoms with Crippen LogP contribution < -0.4 is 15.5 Å². The normalized spacial score (nSPS) is 19.5. The molecule has 0 atom stereocenters. The van der Waals surface area contributed by atoms with Gasteiger partial charge in [-0.3, -0.25) is 4.79 Å².